The fourth-order valence-corrected chi connectivity index (χ4v) is 2.13. The smallest absolute Gasteiger partial charge is 0.188 e. The van der Waals surface area contributed by atoms with Crippen LogP contribution in [0.5, 0.6) is 0 Å². The Kier molecular flexibility index (Phi) is 1.77. The zero-order valence-electron chi connectivity index (χ0n) is 9.20. The van der Waals surface area contributed by atoms with Gasteiger partial charge in [-0.1, -0.05) is 24.3 Å². The van der Waals surface area contributed by atoms with Gasteiger partial charge in [0, 0.05) is 16.4 Å². The molecule has 0 unspecified atom stereocenters. The quantitative estimate of drug-likeness (QED) is 0.509. The Morgan fingerprint density at radius 1 is 0.833 bits per heavy atom. The number of oxazole rings is 1. The summed E-state index contributed by atoms with van der Waals surface area (Å²) < 4.78 is 10.4. The molecule has 0 fully saturated rings. The lowest BCUT2D eigenvalue weighted by atomic mass is 10.0. The third kappa shape index (κ3) is 1.18. The van der Waals surface area contributed by atoms with Crippen molar-refractivity contribution in [1.29, 1.82) is 0 Å². The minimum Gasteiger partial charge on any atom is -0.443 e. The molecule has 86 valence electrons. The highest BCUT2D eigenvalue weighted by molar-refractivity contribution is 5.99. The summed E-state index contributed by atoms with van der Waals surface area (Å²) in [6.07, 6.45) is 1.44. The van der Waals surface area contributed by atoms with E-state index in [-0.39, 0.29) is 0 Å². The number of hydrogen-bond donors (Lipinski definition) is 0. The molecule has 4 rings (SSSR count). The molecule has 0 aliphatic carbocycles. The Morgan fingerprint density at radius 3 is 2.50 bits per heavy atom. The average molecular weight is 237 g/mol. The van der Waals surface area contributed by atoms with Crippen LogP contribution >= 0.6 is 0 Å². The van der Waals surface area contributed by atoms with Crippen molar-refractivity contribution in [2.75, 3.05) is 0 Å². The Morgan fingerprint density at radius 2 is 1.61 bits per heavy atom. The van der Waals surface area contributed by atoms with Gasteiger partial charge in [-0.3, -0.25) is 0 Å². The van der Waals surface area contributed by atoms with Gasteiger partial charge in [0.1, 0.15) is 11.0 Å². The molecule has 2 aromatic carbocycles. The van der Waals surface area contributed by atoms with Gasteiger partial charge >= 0.3 is 0 Å². The summed E-state index contributed by atoms with van der Waals surface area (Å²) in [5.41, 5.74) is 4.85. The molecule has 5 nitrogen and oxygen atoms in total. The fourth-order valence-electron chi connectivity index (χ4n) is 2.13. The van der Waals surface area contributed by atoms with E-state index < -0.39 is 0 Å². The van der Waals surface area contributed by atoms with E-state index >= 15 is 0 Å². The van der Waals surface area contributed by atoms with E-state index in [0.29, 0.717) is 5.58 Å². The maximum Gasteiger partial charge on any atom is 0.188 e. The SMILES string of the molecule is c1cc(-c2cccc3onnc23)c2ncoc2c1. The van der Waals surface area contributed by atoms with Crippen LogP contribution in [0.25, 0.3) is 33.3 Å². The zero-order valence-corrected chi connectivity index (χ0v) is 9.20. The summed E-state index contributed by atoms with van der Waals surface area (Å²) in [6, 6.07) is 11.5. The Balaban J connectivity index is 2.13. The van der Waals surface area contributed by atoms with Crippen LogP contribution in [0.2, 0.25) is 0 Å². The van der Waals surface area contributed by atoms with Crippen LogP contribution in [0.4, 0.5) is 0 Å². The Hall–Kier alpha value is -2.69. The van der Waals surface area contributed by atoms with Crippen LogP contribution in [0, 0.1) is 0 Å². The second-order valence-electron chi connectivity index (χ2n) is 3.93. The zero-order chi connectivity index (χ0) is 11.9. The number of aromatic nitrogens is 3. The van der Waals surface area contributed by atoms with Crippen LogP contribution in [0.1, 0.15) is 0 Å². The predicted octanol–water partition coefficient (Wildman–Crippen LogP) is 3.03. The Labute approximate surface area is 101 Å². The van der Waals surface area contributed by atoms with Crippen molar-refractivity contribution >= 4 is 22.2 Å². The summed E-state index contributed by atoms with van der Waals surface area (Å²) in [5, 5.41) is 7.60. The molecule has 4 aromatic rings. The highest BCUT2D eigenvalue weighted by atomic mass is 16.5. The number of hydrogen-bond acceptors (Lipinski definition) is 5. The fraction of sp³-hybridized carbons (Fsp3) is 0. The van der Waals surface area contributed by atoms with E-state index in [0.717, 1.165) is 27.7 Å². The van der Waals surface area contributed by atoms with Crippen LogP contribution in [0.15, 0.2) is 51.7 Å². The molecule has 0 atom stereocenters. The minimum absolute atomic E-state index is 0.660. The normalized spacial score (nSPS) is 11.3. The van der Waals surface area contributed by atoms with Crippen LogP contribution in [0.3, 0.4) is 0 Å². The molecule has 0 saturated carbocycles. The van der Waals surface area contributed by atoms with Crippen molar-refractivity contribution < 1.29 is 8.94 Å². The topological polar surface area (TPSA) is 65.0 Å². The molecule has 2 heterocycles. The van der Waals surface area contributed by atoms with Crippen molar-refractivity contribution in [3.8, 4) is 11.1 Å². The first kappa shape index (κ1) is 9.35. The van der Waals surface area contributed by atoms with Crippen molar-refractivity contribution in [3.63, 3.8) is 0 Å². The molecule has 0 N–H and O–H groups in total. The number of nitrogens with zero attached hydrogens (tertiary/aromatic N) is 3. The van der Waals surface area contributed by atoms with Gasteiger partial charge in [0.05, 0.1) is 0 Å². The standard InChI is InChI=1S/C13H7N3O2/c1-3-8(12-10(5-1)17-7-14-12)9-4-2-6-11-13(9)15-16-18-11/h1-7H. The molecular weight excluding hydrogens is 230 g/mol. The highest BCUT2D eigenvalue weighted by Gasteiger charge is 2.12. The monoisotopic (exact) mass is 237 g/mol. The van der Waals surface area contributed by atoms with E-state index in [4.69, 9.17) is 8.94 Å². The van der Waals surface area contributed by atoms with Gasteiger partial charge < -0.3 is 8.94 Å². The summed E-state index contributed by atoms with van der Waals surface area (Å²) in [4.78, 5) is 4.24. The predicted molar refractivity (Wildman–Crippen MR) is 64.8 cm³/mol. The molecule has 0 spiro atoms. The number of fused-ring (bicyclic) bond motifs is 2. The molecule has 2 aromatic heterocycles. The second-order valence-corrected chi connectivity index (χ2v) is 3.93. The average Bonchev–Trinajstić information content (AvgIpc) is 3.06. The molecule has 5 heteroatoms. The lowest BCUT2D eigenvalue weighted by Crippen LogP contribution is -1.82. The Bertz CT molecular complexity index is 775. The molecule has 0 saturated heterocycles. The second kappa shape index (κ2) is 3.40. The molecule has 0 amide bonds. The van der Waals surface area contributed by atoms with Gasteiger partial charge in [0.15, 0.2) is 17.6 Å². The third-order valence-electron chi connectivity index (χ3n) is 2.93. The van der Waals surface area contributed by atoms with Crippen molar-refractivity contribution in [2.24, 2.45) is 0 Å². The first-order valence-electron chi connectivity index (χ1n) is 5.47. The molecule has 0 bridgehead atoms. The molecular formula is C13H7N3O2. The summed E-state index contributed by atoms with van der Waals surface area (Å²) >= 11 is 0. The molecule has 18 heavy (non-hydrogen) atoms. The van der Waals surface area contributed by atoms with Crippen molar-refractivity contribution in [2.45, 2.75) is 0 Å². The van der Waals surface area contributed by atoms with Gasteiger partial charge in [0.25, 0.3) is 0 Å². The van der Waals surface area contributed by atoms with Crippen LogP contribution < -0.4 is 0 Å². The lowest BCUT2D eigenvalue weighted by molar-refractivity contribution is 0.424. The van der Waals surface area contributed by atoms with Gasteiger partial charge in [-0.25, -0.2) is 4.98 Å². The maximum absolute atomic E-state index is 5.30. The third-order valence-corrected chi connectivity index (χ3v) is 2.93. The van der Waals surface area contributed by atoms with E-state index in [9.17, 15) is 0 Å². The summed E-state index contributed by atoms with van der Waals surface area (Å²) in [6.45, 7) is 0. The number of para-hydroxylation sites is 1. The molecule has 0 aliphatic heterocycles. The first-order chi connectivity index (χ1) is 8.93. The van der Waals surface area contributed by atoms with E-state index in [1.165, 1.54) is 6.39 Å². The van der Waals surface area contributed by atoms with E-state index in [2.05, 4.69) is 15.4 Å². The molecule has 0 aliphatic rings. The largest absolute Gasteiger partial charge is 0.443 e. The maximum atomic E-state index is 5.30. The van der Waals surface area contributed by atoms with Gasteiger partial charge in [-0.2, -0.15) is 0 Å². The minimum atomic E-state index is 0.660. The summed E-state index contributed by atoms with van der Waals surface area (Å²) in [5.74, 6) is 0. The van der Waals surface area contributed by atoms with E-state index in [1.807, 2.05) is 36.4 Å². The van der Waals surface area contributed by atoms with Gasteiger partial charge in [-0.15, -0.1) is 5.10 Å². The van der Waals surface area contributed by atoms with Crippen LogP contribution in [-0.4, -0.2) is 15.4 Å². The number of rotatable bonds is 1. The van der Waals surface area contributed by atoms with Gasteiger partial charge in [0.2, 0.25) is 0 Å². The van der Waals surface area contributed by atoms with Crippen molar-refractivity contribution in [1.82, 2.24) is 15.4 Å². The first-order valence-corrected chi connectivity index (χ1v) is 5.47. The van der Waals surface area contributed by atoms with Gasteiger partial charge in [-0.05, 0) is 12.1 Å². The van der Waals surface area contributed by atoms with Crippen LogP contribution in [-0.2, 0) is 0 Å². The highest BCUT2D eigenvalue weighted by Crippen LogP contribution is 2.31. The summed E-state index contributed by atoms with van der Waals surface area (Å²) in [7, 11) is 0. The molecule has 0 radical (unpaired) electrons. The number of benzene rings is 2. The lowest BCUT2D eigenvalue weighted by Gasteiger charge is -2.01. The van der Waals surface area contributed by atoms with E-state index in [1.54, 1.807) is 0 Å². The van der Waals surface area contributed by atoms with Crippen molar-refractivity contribution in [3.05, 3.63) is 42.8 Å².